The summed E-state index contributed by atoms with van der Waals surface area (Å²) < 4.78 is 0. The number of fused-ring (bicyclic) bond motifs is 3. The Morgan fingerprint density at radius 3 is 2.33 bits per heavy atom. The zero-order chi connectivity index (χ0) is 28.6. The summed E-state index contributed by atoms with van der Waals surface area (Å²) in [4.78, 5) is 44.3. The summed E-state index contributed by atoms with van der Waals surface area (Å²) in [6.45, 7) is 0.501. The van der Waals surface area contributed by atoms with Gasteiger partial charge in [0.25, 0.3) is 17.7 Å². The van der Waals surface area contributed by atoms with Gasteiger partial charge in [0.15, 0.2) is 0 Å². The van der Waals surface area contributed by atoms with Gasteiger partial charge in [-0.2, -0.15) is 0 Å². The fourth-order valence-corrected chi connectivity index (χ4v) is 7.19. The summed E-state index contributed by atoms with van der Waals surface area (Å²) in [7, 11) is 0. The Labute approximate surface area is 251 Å². The summed E-state index contributed by atoms with van der Waals surface area (Å²) in [6, 6.07) is 28.8. The first-order valence-corrected chi connectivity index (χ1v) is 15.6. The maximum atomic E-state index is 13.8. The lowest BCUT2D eigenvalue weighted by Crippen LogP contribution is -2.32. The number of nitrogens with zero attached hydrogens (tertiary/aromatic N) is 1. The molecule has 0 bridgehead atoms. The van der Waals surface area contributed by atoms with Crippen molar-refractivity contribution in [3.05, 3.63) is 118 Å². The minimum atomic E-state index is -0.198. The van der Waals surface area contributed by atoms with E-state index in [2.05, 4.69) is 10.6 Å². The first kappa shape index (κ1) is 26.4. The van der Waals surface area contributed by atoms with Crippen LogP contribution in [0, 0.1) is 0 Å². The van der Waals surface area contributed by atoms with Crippen molar-refractivity contribution < 1.29 is 14.4 Å². The van der Waals surface area contributed by atoms with Crippen LogP contribution < -0.4 is 15.5 Å². The number of amides is 3. The molecule has 2 N–H and O–H groups in total. The van der Waals surface area contributed by atoms with Crippen LogP contribution in [-0.2, 0) is 6.42 Å². The normalized spacial score (nSPS) is 14.0. The molecule has 0 spiro atoms. The molecule has 6 nitrogen and oxygen atoms in total. The predicted molar refractivity (Wildman–Crippen MR) is 170 cm³/mol. The van der Waals surface area contributed by atoms with Crippen LogP contribution in [0.3, 0.4) is 0 Å². The van der Waals surface area contributed by atoms with E-state index in [-0.39, 0.29) is 17.7 Å². The van der Waals surface area contributed by atoms with Crippen LogP contribution in [0.25, 0.3) is 20.9 Å². The second-order valence-electron chi connectivity index (χ2n) is 10.5. The number of anilines is 2. The molecular formula is C34H27N3O3S2. The maximum Gasteiger partial charge on any atom is 0.261 e. The minimum absolute atomic E-state index is 0.0109. The average Bonchev–Trinajstić information content (AvgIpc) is 3.51. The van der Waals surface area contributed by atoms with E-state index >= 15 is 0 Å². The number of hydrogen-bond acceptors (Lipinski definition) is 5. The molecule has 1 aliphatic heterocycles. The van der Waals surface area contributed by atoms with Crippen LogP contribution in [0.15, 0.2) is 96.4 Å². The summed E-state index contributed by atoms with van der Waals surface area (Å²) in [6.07, 6.45) is 2.75. The van der Waals surface area contributed by atoms with Gasteiger partial charge in [0, 0.05) is 50.3 Å². The van der Waals surface area contributed by atoms with Crippen LogP contribution >= 0.6 is 22.7 Å². The smallest absolute Gasteiger partial charge is 0.261 e. The Balaban J connectivity index is 1.10. The highest BCUT2D eigenvalue weighted by molar-refractivity contribution is 7.17. The molecule has 1 saturated carbocycles. The molecule has 7 rings (SSSR count). The third-order valence-electron chi connectivity index (χ3n) is 7.58. The van der Waals surface area contributed by atoms with Crippen LogP contribution in [0.4, 0.5) is 11.4 Å². The lowest BCUT2D eigenvalue weighted by atomic mass is 10.1. The molecule has 1 fully saturated rings. The number of thiophene rings is 2. The highest BCUT2D eigenvalue weighted by atomic mass is 32.1. The standard InChI is InChI=1S/C34H27N3O3S2/c38-32(26-7-2-1-6-25(26)29-10-5-19-41-29)35-23-13-11-21(12-14-23)34(40)37-18-17-22-20-30(33(39)36-24-15-16-24)42-31(22)27-8-3-4-9-28(27)37/h1-14,19-20,24H,15-18H2,(H,35,38)(H,36,39). The van der Waals surface area contributed by atoms with Crippen LogP contribution in [-0.4, -0.2) is 30.3 Å². The number of nitrogens with one attached hydrogen (secondary N) is 2. The van der Waals surface area contributed by atoms with Crippen molar-refractivity contribution in [2.45, 2.75) is 25.3 Å². The van der Waals surface area contributed by atoms with Gasteiger partial charge in [0.2, 0.25) is 0 Å². The molecule has 2 aliphatic rings. The number of para-hydroxylation sites is 1. The largest absolute Gasteiger partial charge is 0.349 e. The fourth-order valence-electron chi connectivity index (χ4n) is 5.28. The minimum Gasteiger partial charge on any atom is -0.349 e. The van der Waals surface area contributed by atoms with Crippen molar-refractivity contribution in [2.75, 3.05) is 16.8 Å². The number of rotatable bonds is 6. The van der Waals surface area contributed by atoms with E-state index < -0.39 is 0 Å². The molecule has 0 unspecified atom stereocenters. The molecule has 0 radical (unpaired) electrons. The van der Waals surface area contributed by atoms with Crippen molar-refractivity contribution >= 4 is 51.8 Å². The highest BCUT2D eigenvalue weighted by Gasteiger charge is 2.29. The van der Waals surface area contributed by atoms with Gasteiger partial charge in [-0.3, -0.25) is 14.4 Å². The molecule has 3 amide bonds. The van der Waals surface area contributed by atoms with E-state index in [4.69, 9.17) is 0 Å². The van der Waals surface area contributed by atoms with Crippen molar-refractivity contribution in [2.24, 2.45) is 0 Å². The van der Waals surface area contributed by atoms with Crippen molar-refractivity contribution in [1.29, 1.82) is 0 Å². The summed E-state index contributed by atoms with van der Waals surface area (Å²) in [5.41, 5.74) is 5.53. The van der Waals surface area contributed by atoms with E-state index in [1.165, 1.54) is 11.3 Å². The number of hydrogen-bond donors (Lipinski definition) is 2. The lowest BCUT2D eigenvalue weighted by Gasteiger charge is -2.23. The Morgan fingerprint density at radius 2 is 1.57 bits per heavy atom. The molecule has 0 atom stereocenters. The lowest BCUT2D eigenvalue weighted by molar-refractivity contribution is 0.0952. The van der Waals surface area contributed by atoms with Crippen LogP contribution in [0.5, 0.6) is 0 Å². The number of carbonyl (C=O) groups excluding carboxylic acids is 3. The monoisotopic (exact) mass is 589 g/mol. The number of benzene rings is 3. The van der Waals surface area contributed by atoms with Gasteiger partial charge in [-0.05, 0) is 78.7 Å². The molecule has 208 valence electrons. The van der Waals surface area contributed by atoms with E-state index in [1.807, 2.05) is 77.0 Å². The predicted octanol–water partition coefficient (Wildman–Crippen LogP) is 7.49. The average molecular weight is 590 g/mol. The molecule has 8 heteroatoms. The third kappa shape index (κ3) is 5.15. The third-order valence-corrected chi connectivity index (χ3v) is 9.70. The molecular weight excluding hydrogens is 563 g/mol. The molecule has 3 heterocycles. The Hall–Kier alpha value is -4.53. The van der Waals surface area contributed by atoms with Crippen molar-refractivity contribution in [3.8, 4) is 20.9 Å². The molecule has 1 aliphatic carbocycles. The van der Waals surface area contributed by atoms with Gasteiger partial charge in [0.1, 0.15) is 0 Å². The zero-order valence-corrected chi connectivity index (χ0v) is 24.3. The fraction of sp³-hybridized carbons (Fsp3) is 0.147. The van der Waals surface area contributed by atoms with E-state index in [1.54, 1.807) is 35.6 Å². The molecule has 42 heavy (non-hydrogen) atoms. The van der Waals surface area contributed by atoms with Gasteiger partial charge in [-0.1, -0.05) is 42.5 Å². The molecule has 2 aromatic heterocycles. The van der Waals surface area contributed by atoms with Gasteiger partial charge in [-0.15, -0.1) is 22.7 Å². The summed E-state index contributed by atoms with van der Waals surface area (Å²) in [5.74, 6) is -0.316. The van der Waals surface area contributed by atoms with Gasteiger partial charge < -0.3 is 15.5 Å². The Bertz CT molecular complexity index is 1800. The molecule has 0 saturated heterocycles. The van der Waals surface area contributed by atoms with E-state index in [0.29, 0.717) is 35.8 Å². The topological polar surface area (TPSA) is 78.5 Å². The molecule has 5 aromatic rings. The second-order valence-corrected chi connectivity index (χ2v) is 12.5. The maximum absolute atomic E-state index is 13.8. The first-order chi connectivity index (χ1) is 20.5. The SMILES string of the molecule is O=C(NC1CC1)c1cc2c(s1)-c1ccccc1N(C(=O)c1ccc(NC(=O)c3ccccc3-c3cccs3)cc1)CC2. The Kier molecular flexibility index (Phi) is 6.93. The van der Waals surface area contributed by atoms with Gasteiger partial charge >= 0.3 is 0 Å². The van der Waals surface area contributed by atoms with Crippen molar-refractivity contribution in [1.82, 2.24) is 5.32 Å². The summed E-state index contributed by atoms with van der Waals surface area (Å²) >= 11 is 3.09. The quantitative estimate of drug-likeness (QED) is 0.215. The summed E-state index contributed by atoms with van der Waals surface area (Å²) in [5, 5.41) is 8.06. The highest BCUT2D eigenvalue weighted by Crippen LogP contribution is 2.42. The van der Waals surface area contributed by atoms with Crippen molar-refractivity contribution in [3.63, 3.8) is 0 Å². The van der Waals surface area contributed by atoms with Gasteiger partial charge in [-0.25, -0.2) is 0 Å². The van der Waals surface area contributed by atoms with Gasteiger partial charge in [0.05, 0.1) is 10.6 Å². The first-order valence-electron chi connectivity index (χ1n) is 13.9. The number of carbonyl (C=O) groups is 3. The second kappa shape index (κ2) is 11.0. The molecule has 3 aromatic carbocycles. The zero-order valence-electron chi connectivity index (χ0n) is 22.6. The van der Waals surface area contributed by atoms with E-state index in [9.17, 15) is 14.4 Å². The Morgan fingerprint density at radius 1 is 0.810 bits per heavy atom. The van der Waals surface area contributed by atoms with E-state index in [0.717, 1.165) is 49.9 Å². The van der Waals surface area contributed by atoms with Crippen LogP contribution in [0.2, 0.25) is 0 Å². The van der Waals surface area contributed by atoms with Crippen LogP contribution in [0.1, 0.15) is 48.8 Å².